The van der Waals surface area contributed by atoms with Gasteiger partial charge in [0.05, 0.1) is 16.7 Å². The number of para-hydroxylation sites is 2. The summed E-state index contributed by atoms with van der Waals surface area (Å²) in [5, 5.41) is 11.9. The lowest BCUT2D eigenvalue weighted by Gasteiger charge is -2.09. The lowest BCUT2D eigenvalue weighted by atomic mass is 10.1. The van der Waals surface area contributed by atoms with E-state index in [1.165, 1.54) is 0 Å². The van der Waals surface area contributed by atoms with Crippen LogP contribution in [0.15, 0.2) is 59.8 Å². The summed E-state index contributed by atoms with van der Waals surface area (Å²) in [4.78, 5) is 13.6. The zero-order chi connectivity index (χ0) is 16.5. The van der Waals surface area contributed by atoms with Crippen LogP contribution in [0.25, 0.3) is 21.9 Å². The van der Waals surface area contributed by atoms with Gasteiger partial charge in [-0.3, -0.25) is 4.98 Å². The minimum atomic E-state index is 0.209. The Kier molecular flexibility index (Phi) is 3.78. The second-order valence-electron chi connectivity index (χ2n) is 5.53. The molecule has 0 aliphatic heterocycles. The third-order valence-corrected chi connectivity index (χ3v) is 5.02. The molecule has 118 valence electrons. The molecule has 5 heteroatoms. The highest BCUT2D eigenvalue weighted by molar-refractivity contribution is 7.98. The molecule has 0 atom stereocenters. The predicted octanol–water partition coefficient (Wildman–Crippen LogP) is 4.48. The largest absolute Gasteiger partial charge is 0.506 e. The second kappa shape index (κ2) is 6.09. The zero-order valence-corrected chi connectivity index (χ0v) is 13.9. The quantitative estimate of drug-likeness (QED) is 0.560. The van der Waals surface area contributed by atoms with Crippen LogP contribution >= 0.6 is 11.8 Å². The number of hydrogen-bond acceptors (Lipinski definition) is 5. The first-order valence-electron chi connectivity index (χ1n) is 7.64. The number of pyridine rings is 1. The highest BCUT2D eigenvalue weighted by atomic mass is 32.2. The first-order chi connectivity index (χ1) is 11.7. The Morgan fingerprint density at radius 1 is 0.958 bits per heavy atom. The number of nitrogens with zero attached hydrogens (tertiary/aromatic N) is 3. The van der Waals surface area contributed by atoms with Gasteiger partial charge in [0.25, 0.3) is 0 Å². The minimum absolute atomic E-state index is 0.209. The van der Waals surface area contributed by atoms with Crippen molar-refractivity contribution < 1.29 is 5.11 Å². The molecular weight excluding hydrogens is 318 g/mol. The van der Waals surface area contributed by atoms with Crippen molar-refractivity contribution in [2.45, 2.75) is 17.7 Å². The van der Waals surface area contributed by atoms with Gasteiger partial charge in [-0.25, -0.2) is 9.97 Å². The number of aryl methyl sites for hydroxylation is 1. The Hall–Kier alpha value is -2.66. The normalized spacial score (nSPS) is 11.2. The van der Waals surface area contributed by atoms with Crippen molar-refractivity contribution >= 4 is 33.7 Å². The van der Waals surface area contributed by atoms with E-state index in [0.29, 0.717) is 5.52 Å². The molecule has 2 aromatic heterocycles. The predicted molar refractivity (Wildman–Crippen MR) is 97.2 cm³/mol. The molecule has 0 bridgehead atoms. The average molecular weight is 333 g/mol. The molecular formula is C19H15N3OS. The van der Waals surface area contributed by atoms with E-state index < -0.39 is 0 Å². The van der Waals surface area contributed by atoms with Crippen molar-refractivity contribution in [2.24, 2.45) is 0 Å². The maximum Gasteiger partial charge on any atom is 0.141 e. The van der Waals surface area contributed by atoms with Crippen molar-refractivity contribution in [3.63, 3.8) is 0 Å². The van der Waals surface area contributed by atoms with Crippen LogP contribution < -0.4 is 0 Å². The molecule has 0 saturated heterocycles. The van der Waals surface area contributed by atoms with Crippen LogP contribution in [0.1, 0.15) is 11.3 Å². The molecule has 0 radical (unpaired) electrons. The molecule has 4 aromatic rings. The molecule has 0 unspecified atom stereocenters. The Morgan fingerprint density at radius 3 is 2.58 bits per heavy atom. The molecule has 2 aromatic carbocycles. The number of benzene rings is 2. The van der Waals surface area contributed by atoms with E-state index in [0.717, 1.165) is 38.5 Å². The van der Waals surface area contributed by atoms with E-state index in [-0.39, 0.29) is 5.75 Å². The van der Waals surface area contributed by atoms with E-state index in [9.17, 15) is 5.11 Å². The van der Waals surface area contributed by atoms with Gasteiger partial charge in [-0.05, 0) is 36.8 Å². The fraction of sp³-hybridized carbons (Fsp3) is 0.105. The first kappa shape index (κ1) is 14.9. The van der Waals surface area contributed by atoms with E-state index in [1.54, 1.807) is 24.0 Å². The summed E-state index contributed by atoms with van der Waals surface area (Å²) >= 11 is 1.65. The number of aromatic nitrogens is 3. The Bertz CT molecular complexity index is 1050. The molecule has 24 heavy (non-hydrogen) atoms. The van der Waals surface area contributed by atoms with Gasteiger partial charge in [-0.1, -0.05) is 36.0 Å². The van der Waals surface area contributed by atoms with Crippen molar-refractivity contribution in [2.75, 3.05) is 0 Å². The third-order valence-electron chi connectivity index (χ3n) is 3.90. The number of phenolic OH excluding ortho intramolecular Hbond substituents is 1. The number of hydrogen-bond donors (Lipinski definition) is 1. The van der Waals surface area contributed by atoms with Crippen LogP contribution in [0.2, 0.25) is 0 Å². The summed E-state index contributed by atoms with van der Waals surface area (Å²) in [6, 6.07) is 15.4. The van der Waals surface area contributed by atoms with Crippen molar-refractivity contribution in [1.29, 1.82) is 0 Å². The van der Waals surface area contributed by atoms with Gasteiger partial charge < -0.3 is 5.11 Å². The standard InChI is InChI=1S/C19H15N3OS/c1-12-19(22-16-7-3-2-6-15(16)21-12)24-11-13-8-9-17(23)18-14(13)5-4-10-20-18/h2-10,23H,11H2,1H3. The number of phenols is 1. The molecule has 0 spiro atoms. The van der Waals surface area contributed by atoms with Crippen LogP contribution in [0, 0.1) is 6.92 Å². The monoisotopic (exact) mass is 333 g/mol. The summed E-state index contributed by atoms with van der Waals surface area (Å²) in [7, 11) is 0. The smallest absolute Gasteiger partial charge is 0.141 e. The van der Waals surface area contributed by atoms with Gasteiger partial charge in [0, 0.05) is 17.3 Å². The first-order valence-corrected chi connectivity index (χ1v) is 8.63. The molecule has 0 saturated carbocycles. The number of rotatable bonds is 3. The Morgan fingerprint density at radius 2 is 1.75 bits per heavy atom. The molecule has 0 aliphatic rings. The maximum absolute atomic E-state index is 9.95. The van der Waals surface area contributed by atoms with E-state index >= 15 is 0 Å². The van der Waals surface area contributed by atoms with E-state index in [1.807, 2.05) is 49.4 Å². The van der Waals surface area contributed by atoms with Crippen LogP contribution in [0.3, 0.4) is 0 Å². The van der Waals surface area contributed by atoms with Gasteiger partial charge in [0.2, 0.25) is 0 Å². The Balaban J connectivity index is 1.68. The zero-order valence-electron chi connectivity index (χ0n) is 13.1. The van der Waals surface area contributed by atoms with Gasteiger partial charge >= 0.3 is 0 Å². The SMILES string of the molecule is Cc1nc2ccccc2nc1SCc1ccc(O)c2ncccc12. The topological polar surface area (TPSA) is 58.9 Å². The molecule has 0 aliphatic carbocycles. The molecule has 1 N–H and O–H groups in total. The van der Waals surface area contributed by atoms with Gasteiger partial charge in [0.15, 0.2) is 0 Å². The van der Waals surface area contributed by atoms with Gasteiger partial charge in [-0.15, -0.1) is 0 Å². The Labute approximate surface area is 143 Å². The summed E-state index contributed by atoms with van der Waals surface area (Å²) in [6.07, 6.45) is 1.69. The van der Waals surface area contributed by atoms with Gasteiger partial charge in [0.1, 0.15) is 16.3 Å². The lowest BCUT2D eigenvalue weighted by molar-refractivity contribution is 0.480. The minimum Gasteiger partial charge on any atom is -0.506 e. The van der Waals surface area contributed by atoms with E-state index in [4.69, 9.17) is 4.98 Å². The summed E-state index contributed by atoms with van der Waals surface area (Å²) in [5.41, 5.74) is 4.51. The summed E-state index contributed by atoms with van der Waals surface area (Å²) in [6.45, 7) is 1.98. The van der Waals surface area contributed by atoms with Crippen LogP contribution in [0.5, 0.6) is 5.75 Å². The molecule has 4 rings (SSSR count). The highest BCUT2D eigenvalue weighted by Gasteiger charge is 2.09. The van der Waals surface area contributed by atoms with Crippen LogP contribution in [-0.2, 0) is 5.75 Å². The van der Waals surface area contributed by atoms with Gasteiger partial charge in [-0.2, -0.15) is 0 Å². The molecule has 2 heterocycles. The van der Waals surface area contributed by atoms with Crippen LogP contribution in [0.4, 0.5) is 0 Å². The number of aromatic hydroxyl groups is 1. The number of fused-ring (bicyclic) bond motifs is 2. The van der Waals surface area contributed by atoms with Crippen LogP contribution in [-0.4, -0.2) is 20.1 Å². The number of thioether (sulfide) groups is 1. The summed E-state index contributed by atoms with van der Waals surface area (Å²) < 4.78 is 0. The maximum atomic E-state index is 9.95. The average Bonchev–Trinajstić information content (AvgIpc) is 2.61. The molecule has 0 amide bonds. The third kappa shape index (κ3) is 2.67. The van der Waals surface area contributed by atoms with Crippen molar-refractivity contribution in [1.82, 2.24) is 15.0 Å². The highest BCUT2D eigenvalue weighted by Crippen LogP contribution is 2.31. The molecule has 0 fully saturated rings. The summed E-state index contributed by atoms with van der Waals surface area (Å²) in [5.74, 6) is 0.956. The fourth-order valence-corrected chi connectivity index (χ4v) is 3.66. The van der Waals surface area contributed by atoms with Crippen molar-refractivity contribution in [3.05, 3.63) is 66.0 Å². The molecule has 4 nitrogen and oxygen atoms in total. The fourth-order valence-electron chi connectivity index (χ4n) is 2.70. The second-order valence-corrected chi connectivity index (χ2v) is 6.50. The lowest BCUT2D eigenvalue weighted by Crippen LogP contribution is -1.94. The van der Waals surface area contributed by atoms with Crippen molar-refractivity contribution in [3.8, 4) is 5.75 Å². The van der Waals surface area contributed by atoms with E-state index in [2.05, 4.69) is 9.97 Å².